The van der Waals surface area contributed by atoms with Crippen LogP contribution in [0.15, 0.2) is 9.52 Å². The Morgan fingerprint density at radius 2 is 2.04 bits per heavy atom. The van der Waals surface area contributed by atoms with Crippen molar-refractivity contribution in [3.05, 3.63) is 17.0 Å². The van der Waals surface area contributed by atoms with Crippen molar-refractivity contribution in [3.8, 4) is 0 Å². The minimum Gasteiger partial charge on any atom is -0.361 e. The fraction of sp³-hybridized carbons (Fsp3) is 0.789. The number of rotatable bonds is 6. The molecule has 3 atom stereocenters. The molecule has 0 aliphatic carbocycles. The van der Waals surface area contributed by atoms with E-state index in [0.717, 1.165) is 37.0 Å². The van der Waals surface area contributed by atoms with E-state index in [4.69, 9.17) is 9.52 Å². The van der Waals surface area contributed by atoms with Crippen molar-refractivity contribution in [3.63, 3.8) is 0 Å². The maximum Gasteiger partial charge on any atom is 0.191 e. The van der Waals surface area contributed by atoms with E-state index in [1.165, 1.54) is 5.56 Å². The number of aliphatic imine (C=N–C) groups is 1. The van der Waals surface area contributed by atoms with Gasteiger partial charge >= 0.3 is 0 Å². The summed E-state index contributed by atoms with van der Waals surface area (Å²) in [6.45, 7) is 18.9. The first-order valence-electron chi connectivity index (χ1n) is 9.55. The summed E-state index contributed by atoms with van der Waals surface area (Å²) < 4.78 is 5.29. The van der Waals surface area contributed by atoms with Crippen LogP contribution in [0.25, 0.3) is 0 Å². The molecule has 2 rings (SSSR count). The first kappa shape index (κ1) is 19.8. The van der Waals surface area contributed by atoms with Crippen molar-refractivity contribution in [2.75, 3.05) is 26.2 Å². The standard InChI is InChI=1S/C19H35N5O/c1-8-20-19(22-17-11-24(12(2)3)10-14(17)5)21-9-13(4)18-15(6)23-25-16(18)7/h12-14,17H,8-11H2,1-7H3,(H2,20,21,22). The van der Waals surface area contributed by atoms with Crippen LogP contribution in [0.4, 0.5) is 0 Å². The molecule has 0 spiro atoms. The van der Waals surface area contributed by atoms with Crippen LogP contribution in [-0.2, 0) is 0 Å². The molecule has 2 heterocycles. The second-order valence-corrected chi connectivity index (χ2v) is 7.63. The maximum absolute atomic E-state index is 5.29. The van der Waals surface area contributed by atoms with Crippen molar-refractivity contribution in [2.24, 2.45) is 10.9 Å². The number of nitrogens with one attached hydrogen (secondary N) is 2. The van der Waals surface area contributed by atoms with E-state index in [1.807, 2.05) is 13.8 Å². The molecule has 0 aromatic carbocycles. The lowest BCUT2D eigenvalue weighted by Gasteiger charge is -2.22. The molecular weight excluding hydrogens is 314 g/mol. The molecule has 1 saturated heterocycles. The average molecular weight is 350 g/mol. The third-order valence-electron chi connectivity index (χ3n) is 5.14. The number of aromatic nitrogens is 1. The SMILES string of the molecule is CCNC(=NCC(C)c1c(C)noc1C)NC1CN(C(C)C)CC1C. The molecule has 0 saturated carbocycles. The van der Waals surface area contributed by atoms with E-state index in [0.29, 0.717) is 24.5 Å². The molecule has 0 radical (unpaired) electrons. The van der Waals surface area contributed by atoms with Gasteiger partial charge in [-0.05, 0) is 40.5 Å². The van der Waals surface area contributed by atoms with Gasteiger partial charge in [0.2, 0.25) is 0 Å². The number of guanidine groups is 1. The third-order valence-corrected chi connectivity index (χ3v) is 5.14. The summed E-state index contributed by atoms with van der Waals surface area (Å²) in [5, 5.41) is 11.1. The molecule has 1 fully saturated rings. The maximum atomic E-state index is 5.29. The Morgan fingerprint density at radius 3 is 2.56 bits per heavy atom. The van der Waals surface area contributed by atoms with Gasteiger partial charge in [0.1, 0.15) is 5.76 Å². The largest absolute Gasteiger partial charge is 0.361 e. The van der Waals surface area contributed by atoms with Crippen LogP contribution in [0.3, 0.4) is 0 Å². The highest BCUT2D eigenvalue weighted by Crippen LogP contribution is 2.23. The van der Waals surface area contributed by atoms with Crippen LogP contribution in [0.5, 0.6) is 0 Å². The normalized spacial score (nSPS) is 23.3. The first-order valence-corrected chi connectivity index (χ1v) is 9.55. The first-order chi connectivity index (χ1) is 11.8. The van der Waals surface area contributed by atoms with Gasteiger partial charge in [0.05, 0.1) is 5.69 Å². The van der Waals surface area contributed by atoms with Crippen LogP contribution in [0, 0.1) is 19.8 Å². The lowest BCUT2D eigenvalue weighted by molar-refractivity contribution is 0.265. The number of hydrogen-bond acceptors (Lipinski definition) is 4. The van der Waals surface area contributed by atoms with Gasteiger partial charge in [0.25, 0.3) is 0 Å². The van der Waals surface area contributed by atoms with Gasteiger partial charge < -0.3 is 15.2 Å². The highest BCUT2D eigenvalue weighted by atomic mass is 16.5. The molecule has 3 unspecified atom stereocenters. The number of aryl methyl sites for hydroxylation is 2. The Balaban J connectivity index is 2.01. The summed E-state index contributed by atoms with van der Waals surface area (Å²) >= 11 is 0. The van der Waals surface area contributed by atoms with Gasteiger partial charge in [-0.2, -0.15) is 0 Å². The van der Waals surface area contributed by atoms with Crippen LogP contribution in [0.1, 0.15) is 57.6 Å². The van der Waals surface area contributed by atoms with E-state index >= 15 is 0 Å². The van der Waals surface area contributed by atoms with E-state index in [2.05, 4.69) is 55.3 Å². The van der Waals surface area contributed by atoms with Crippen molar-refractivity contribution in [1.82, 2.24) is 20.7 Å². The third kappa shape index (κ3) is 4.97. The zero-order chi connectivity index (χ0) is 18.6. The Kier molecular flexibility index (Phi) is 6.87. The molecule has 25 heavy (non-hydrogen) atoms. The molecular formula is C19H35N5O. The number of likely N-dealkylation sites (tertiary alicyclic amines) is 1. The van der Waals surface area contributed by atoms with E-state index in [9.17, 15) is 0 Å². The molecule has 142 valence electrons. The Hall–Kier alpha value is -1.56. The van der Waals surface area contributed by atoms with Crippen LogP contribution in [0.2, 0.25) is 0 Å². The van der Waals surface area contributed by atoms with Crippen molar-refractivity contribution in [1.29, 1.82) is 0 Å². The highest BCUT2D eigenvalue weighted by Gasteiger charge is 2.31. The zero-order valence-corrected chi connectivity index (χ0v) is 16.9. The van der Waals surface area contributed by atoms with Gasteiger partial charge in [-0.3, -0.25) is 9.89 Å². The summed E-state index contributed by atoms with van der Waals surface area (Å²) in [6.07, 6.45) is 0. The summed E-state index contributed by atoms with van der Waals surface area (Å²) in [5.41, 5.74) is 2.15. The molecule has 1 aliphatic heterocycles. The van der Waals surface area contributed by atoms with E-state index < -0.39 is 0 Å². The summed E-state index contributed by atoms with van der Waals surface area (Å²) in [7, 11) is 0. The van der Waals surface area contributed by atoms with E-state index in [-0.39, 0.29) is 5.92 Å². The fourth-order valence-electron chi connectivity index (χ4n) is 3.62. The minimum absolute atomic E-state index is 0.287. The zero-order valence-electron chi connectivity index (χ0n) is 16.9. The summed E-state index contributed by atoms with van der Waals surface area (Å²) in [4.78, 5) is 7.35. The van der Waals surface area contributed by atoms with Crippen LogP contribution >= 0.6 is 0 Å². The number of nitrogens with zero attached hydrogens (tertiary/aromatic N) is 3. The molecule has 1 aromatic rings. The lowest BCUT2D eigenvalue weighted by atomic mass is 10.00. The monoisotopic (exact) mass is 349 g/mol. The summed E-state index contributed by atoms with van der Waals surface area (Å²) in [6, 6.07) is 1.03. The Morgan fingerprint density at radius 1 is 1.32 bits per heavy atom. The summed E-state index contributed by atoms with van der Waals surface area (Å²) in [5.74, 6) is 2.71. The van der Waals surface area contributed by atoms with Gasteiger partial charge in [0.15, 0.2) is 5.96 Å². The molecule has 1 aromatic heterocycles. The van der Waals surface area contributed by atoms with Gasteiger partial charge in [-0.1, -0.05) is 19.0 Å². The Labute approximate surface area is 152 Å². The minimum atomic E-state index is 0.287. The smallest absolute Gasteiger partial charge is 0.191 e. The van der Waals surface area contributed by atoms with Crippen molar-refractivity contribution < 1.29 is 4.52 Å². The highest BCUT2D eigenvalue weighted by molar-refractivity contribution is 5.80. The predicted molar refractivity (Wildman–Crippen MR) is 103 cm³/mol. The molecule has 6 heteroatoms. The van der Waals surface area contributed by atoms with Crippen LogP contribution in [-0.4, -0.2) is 54.3 Å². The van der Waals surface area contributed by atoms with Gasteiger partial charge in [0, 0.05) is 49.7 Å². The molecule has 1 aliphatic rings. The second kappa shape index (κ2) is 8.70. The molecule has 2 N–H and O–H groups in total. The van der Waals surface area contributed by atoms with E-state index in [1.54, 1.807) is 0 Å². The van der Waals surface area contributed by atoms with Crippen molar-refractivity contribution >= 4 is 5.96 Å². The fourth-order valence-corrected chi connectivity index (χ4v) is 3.62. The topological polar surface area (TPSA) is 65.7 Å². The second-order valence-electron chi connectivity index (χ2n) is 7.63. The average Bonchev–Trinajstić information content (AvgIpc) is 3.08. The quantitative estimate of drug-likeness (QED) is 0.611. The van der Waals surface area contributed by atoms with Crippen LogP contribution < -0.4 is 10.6 Å². The molecule has 0 amide bonds. The number of hydrogen-bond donors (Lipinski definition) is 2. The van der Waals surface area contributed by atoms with Gasteiger partial charge in [-0.15, -0.1) is 0 Å². The van der Waals surface area contributed by atoms with Crippen molar-refractivity contribution in [2.45, 2.75) is 66.5 Å². The Bertz CT molecular complexity index is 561. The molecule has 0 bridgehead atoms. The predicted octanol–water partition coefficient (Wildman–Crippen LogP) is 2.68. The van der Waals surface area contributed by atoms with Gasteiger partial charge in [-0.25, -0.2) is 0 Å². The lowest BCUT2D eigenvalue weighted by Crippen LogP contribution is -2.47. The molecule has 6 nitrogen and oxygen atoms in total.